The predicted molar refractivity (Wildman–Crippen MR) is 102 cm³/mol. The van der Waals surface area contributed by atoms with E-state index >= 15 is 0 Å². The van der Waals surface area contributed by atoms with Crippen molar-refractivity contribution in [2.75, 3.05) is 6.61 Å². The third-order valence-electron chi connectivity index (χ3n) is 4.82. The minimum absolute atomic E-state index is 0.106. The molecule has 2 aromatic carbocycles. The largest absolute Gasteiger partial charge is 0.456 e. The SMILES string of the molecule is CC1=C(C(=O)Oc2ccc([N+](=O)[O-])cc2)C(c2ccccc2)C2=C(COC2=O)N1. The van der Waals surface area contributed by atoms with Crippen LogP contribution in [0.1, 0.15) is 18.4 Å². The molecule has 0 fully saturated rings. The van der Waals surface area contributed by atoms with Gasteiger partial charge in [0, 0.05) is 17.8 Å². The van der Waals surface area contributed by atoms with Crippen LogP contribution in [-0.2, 0) is 14.3 Å². The van der Waals surface area contributed by atoms with Gasteiger partial charge in [0.05, 0.1) is 27.7 Å². The summed E-state index contributed by atoms with van der Waals surface area (Å²) in [6.07, 6.45) is 0. The van der Waals surface area contributed by atoms with Crippen molar-refractivity contribution in [2.45, 2.75) is 12.8 Å². The molecule has 1 atom stereocenters. The van der Waals surface area contributed by atoms with Gasteiger partial charge in [-0.05, 0) is 24.6 Å². The highest BCUT2D eigenvalue weighted by Gasteiger charge is 2.41. The van der Waals surface area contributed by atoms with Crippen molar-refractivity contribution in [2.24, 2.45) is 0 Å². The minimum Gasteiger partial charge on any atom is -0.456 e. The van der Waals surface area contributed by atoms with E-state index in [0.29, 0.717) is 17.0 Å². The molecule has 2 heterocycles. The van der Waals surface area contributed by atoms with Crippen LogP contribution in [0.4, 0.5) is 5.69 Å². The summed E-state index contributed by atoms with van der Waals surface area (Å²) in [6.45, 7) is 1.86. The first kappa shape index (κ1) is 18.4. The van der Waals surface area contributed by atoms with Crippen molar-refractivity contribution in [1.29, 1.82) is 0 Å². The molecule has 0 saturated heterocycles. The van der Waals surface area contributed by atoms with Crippen molar-refractivity contribution in [3.8, 4) is 5.75 Å². The van der Waals surface area contributed by atoms with Crippen LogP contribution in [0.15, 0.2) is 77.1 Å². The van der Waals surface area contributed by atoms with Gasteiger partial charge >= 0.3 is 11.9 Å². The summed E-state index contributed by atoms with van der Waals surface area (Å²) in [5.41, 5.74) is 2.51. The first-order valence-corrected chi connectivity index (χ1v) is 8.85. The van der Waals surface area contributed by atoms with Crippen LogP contribution >= 0.6 is 0 Å². The average molecular weight is 392 g/mol. The number of esters is 2. The molecule has 4 rings (SSSR count). The Morgan fingerprint density at radius 2 is 1.86 bits per heavy atom. The molecule has 0 bridgehead atoms. The standard InChI is InChI=1S/C21H16N2O6/c1-12-17(21(25)29-15-9-7-14(8-10-15)23(26)27)18(13-5-3-2-4-6-13)19-16(22-12)11-28-20(19)24/h2-10,18,22H,11H2,1H3. The minimum atomic E-state index is -0.649. The van der Waals surface area contributed by atoms with Crippen LogP contribution in [0.3, 0.4) is 0 Å². The number of non-ortho nitro benzene ring substituents is 1. The zero-order valence-corrected chi connectivity index (χ0v) is 15.4. The highest BCUT2D eigenvalue weighted by Crippen LogP contribution is 2.41. The molecule has 1 N–H and O–H groups in total. The molecule has 2 aliphatic heterocycles. The van der Waals surface area contributed by atoms with E-state index in [2.05, 4.69) is 5.32 Å². The van der Waals surface area contributed by atoms with Gasteiger partial charge in [0.15, 0.2) is 0 Å². The van der Waals surface area contributed by atoms with Crippen molar-refractivity contribution in [3.63, 3.8) is 0 Å². The van der Waals surface area contributed by atoms with Gasteiger partial charge in [-0.3, -0.25) is 10.1 Å². The highest BCUT2D eigenvalue weighted by atomic mass is 16.6. The summed E-state index contributed by atoms with van der Waals surface area (Å²) in [7, 11) is 0. The number of carbonyl (C=O) groups excluding carboxylic acids is 2. The van der Waals surface area contributed by atoms with Crippen molar-refractivity contribution >= 4 is 17.6 Å². The fourth-order valence-corrected chi connectivity index (χ4v) is 3.51. The Balaban J connectivity index is 1.70. The molecular weight excluding hydrogens is 376 g/mol. The maximum atomic E-state index is 13.0. The van der Waals surface area contributed by atoms with Crippen molar-refractivity contribution < 1.29 is 24.0 Å². The molecule has 8 nitrogen and oxygen atoms in total. The normalized spacial score (nSPS) is 18.1. The molecule has 1 unspecified atom stereocenters. The Bertz CT molecular complexity index is 1070. The molecule has 0 spiro atoms. The number of allylic oxidation sites excluding steroid dienone is 1. The van der Waals surface area contributed by atoms with E-state index in [1.54, 1.807) is 6.92 Å². The number of dihydropyridines is 1. The quantitative estimate of drug-likeness (QED) is 0.369. The van der Waals surface area contributed by atoms with E-state index in [4.69, 9.17) is 9.47 Å². The summed E-state index contributed by atoms with van der Waals surface area (Å²) in [5.74, 6) is -1.59. The lowest BCUT2D eigenvalue weighted by Gasteiger charge is -2.27. The number of nitrogens with zero attached hydrogens (tertiary/aromatic N) is 1. The van der Waals surface area contributed by atoms with E-state index in [-0.39, 0.29) is 23.6 Å². The number of nitro groups is 1. The summed E-state index contributed by atoms with van der Waals surface area (Å²) >= 11 is 0. The second-order valence-electron chi connectivity index (χ2n) is 6.62. The van der Waals surface area contributed by atoms with Crippen molar-refractivity contribution in [3.05, 3.63) is 92.8 Å². The van der Waals surface area contributed by atoms with Gasteiger partial charge in [-0.25, -0.2) is 9.59 Å². The number of cyclic esters (lactones) is 1. The topological polar surface area (TPSA) is 108 Å². The number of rotatable bonds is 4. The van der Waals surface area contributed by atoms with E-state index in [1.165, 1.54) is 24.3 Å². The highest BCUT2D eigenvalue weighted by molar-refractivity contribution is 6.01. The number of nitro benzene ring substituents is 1. The number of ether oxygens (including phenoxy) is 2. The molecule has 29 heavy (non-hydrogen) atoms. The van der Waals surface area contributed by atoms with E-state index in [9.17, 15) is 19.7 Å². The first-order chi connectivity index (χ1) is 14.0. The summed E-state index contributed by atoms with van der Waals surface area (Å²) in [5, 5.41) is 13.9. The zero-order chi connectivity index (χ0) is 20.5. The molecule has 0 radical (unpaired) electrons. The lowest BCUT2D eigenvalue weighted by molar-refractivity contribution is -0.384. The summed E-state index contributed by atoms with van der Waals surface area (Å²) < 4.78 is 10.6. The number of hydrogen-bond donors (Lipinski definition) is 1. The van der Waals surface area contributed by atoms with Crippen LogP contribution in [0.25, 0.3) is 0 Å². The van der Waals surface area contributed by atoms with Crippen LogP contribution in [0.5, 0.6) is 5.75 Å². The maximum Gasteiger partial charge on any atom is 0.342 e. The second-order valence-corrected chi connectivity index (χ2v) is 6.62. The van der Waals surface area contributed by atoms with Crippen molar-refractivity contribution in [1.82, 2.24) is 5.32 Å². The lowest BCUT2D eigenvalue weighted by Crippen LogP contribution is -2.31. The number of nitrogens with one attached hydrogen (secondary N) is 1. The fraction of sp³-hybridized carbons (Fsp3) is 0.143. The molecule has 0 aliphatic carbocycles. The average Bonchev–Trinajstić information content (AvgIpc) is 3.08. The Kier molecular flexibility index (Phi) is 4.59. The third kappa shape index (κ3) is 3.36. The van der Waals surface area contributed by atoms with Crippen LogP contribution in [0, 0.1) is 10.1 Å². The fourth-order valence-electron chi connectivity index (χ4n) is 3.51. The number of carbonyl (C=O) groups is 2. The second kappa shape index (κ2) is 7.23. The Morgan fingerprint density at radius 3 is 2.52 bits per heavy atom. The van der Waals surface area contributed by atoms with Crippen LogP contribution in [0.2, 0.25) is 0 Å². The molecule has 8 heteroatoms. The van der Waals surface area contributed by atoms with Gasteiger partial charge in [-0.2, -0.15) is 0 Å². The van der Waals surface area contributed by atoms with Crippen LogP contribution in [-0.4, -0.2) is 23.5 Å². The number of hydrogen-bond acceptors (Lipinski definition) is 7. The Labute approximate surface area is 165 Å². The number of benzene rings is 2. The van der Waals surface area contributed by atoms with Gasteiger partial charge in [0.2, 0.25) is 0 Å². The molecule has 2 aromatic rings. The predicted octanol–water partition coefficient (Wildman–Crippen LogP) is 2.97. The Morgan fingerprint density at radius 1 is 1.17 bits per heavy atom. The van der Waals surface area contributed by atoms with Gasteiger partial charge < -0.3 is 14.8 Å². The van der Waals surface area contributed by atoms with Gasteiger partial charge in [-0.15, -0.1) is 0 Å². The lowest BCUT2D eigenvalue weighted by atomic mass is 9.81. The maximum absolute atomic E-state index is 13.0. The van der Waals surface area contributed by atoms with E-state index in [0.717, 1.165) is 5.56 Å². The molecule has 0 aromatic heterocycles. The smallest absolute Gasteiger partial charge is 0.342 e. The summed E-state index contributed by atoms with van der Waals surface area (Å²) in [6, 6.07) is 14.4. The van der Waals surface area contributed by atoms with Gasteiger partial charge in [-0.1, -0.05) is 30.3 Å². The molecule has 0 amide bonds. The molecule has 2 aliphatic rings. The van der Waals surface area contributed by atoms with Gasteiger partial charge in [0.25, 0.3) is 5.69 Å². The molecular formula is C21H16N2O6. The Hall–Kier alpha value is -3.94. The van der Waals surface area contributed by atoms with Gasteiger partial charge in [0.1, 0.15) is 12.4 Å². The van der Waals surface area contributed by atoms with E-state index in [1.807, 2.05) is 30.3 Å². The third-order valence-corrected chi connectivity index (χ3v) is 4.82. The summed E-state index contributed by atoms with van der Waals surface area (Å²) in [4.78, 5) is 35.7. The first-order valence-electron chi connectivity index (χ1n) is 8.85. The monoisotopic (exact) mass is 392 g/mol. The van der Waals surface area contributed by atoms with Crippen LogP contribution < -0.4 is 10.1 Å². The zero-order valence-electron chi connectivity index (χ0n) is 15.4. The van der Waals surface area contributed by atoms with E-state index < -0.39 is 22.8 Å². The molecule has 0 saturated carbocycles. The molecule has 146 valence electrons.